The van der Waals surface area contributed by atoms with E-state index in [0.717, 1.165) is 64.2 Å². The zero-order valence-corrected chi connectivity index (χ0v) is 41.0. The van der Waals surface area contributed by atoms with Gasteiger partial charge in [-0.1, -0.05) is 197 Å². The number of rotatable bonds is 45. The van der Waals surface area contributed by atoms with Crippen LogP contribution in [0.3, 0.4) is 0 Å². The molecule has 0 aromatic heterocycles. The lowest BCUT2D eigenvalue weighted by atomic mass is 9.99. The molecule has 1 saturated heterocycles. The molecule has 1 aliphatic heterocycles. The predicted molar refractivity (Wildman–Crippen MR) is 265 cm³/mol. The number of ether oxygens (including phenoxy) is 4. The second-order valence-electron chi connectivity index (χ2n) is 17.9. The maximum absolute atomic E-state index is 12.9. The van der Waals surface area contributed by atoms with Crippen molar-refractivity contribution in [3.63, 3.8) is 0 Å². The SMILES string of the molecule is CC/C=C\C/C=C\C/C=C\C/C=C\CCCCCCCCCCCCC(=O)OC(COCCCCCCCCCC/C=C\CCCCCCCC)COC1OC(CO)C(O)C(O)C1O. The number of hydrogen-bond acceptors (Lipinski definition) is 9. The van der Waals surface area contributed by atoms with Gasteiger partial charge >= 0.3 is 5.97 Å². The van der Waals surface area contributed by atoms with Gasteiger partial charge in [0.05, 0.1) is 19.8 Å². The number of carbonyl (C=O) groups is 1. The van der Waals surface area contributed by atoms with Crippen molar-refractivity contribution in [2.75, 3.05) is 26.4 Å². The Bertz CT molecular complexity index is 1160. The number of unbranched alkanes of at least 4 members (excludes halogenated alkanes) is 24. The molecular formula is C55H98O9. The van der Waals surface area contributed by atoms with E-state index in [0.29, 0.717) is 13.0 Å². The lowest BCUT2D eigenvalue weighted by Crippen LogP contribution is -2.59. The van der Waals surface area contributed by atoms with Crippen LogP contribution < -0.4 is 0 Å². The highest BCUT2D eigenvalue weighted by molar-refractivity contribution is 5.69. The number of carbonyl (C=O) groups excluding carboxylic acids is 1. The number of hydrogen-bond donors (Lipinski definition) is 4. The molecular weight excluding hydrogens is 805 g/mol. The van der Waals surface area contributed by atoms with Crippen LogP contribution in [0.2, 0.25) is 0 Å². The summed E-state index contributed by atoms with van der Waals surface area (Å²) in [5, 5.41) is 40.3. The van der Waals surface area contributed by atoms with Crippen molar-refractivity contribution in [3.05, 3.63) is 60.8 Å². The molecule has 9 heteroatoms. The Morgan fingerprint density at radius 1 is 0.516 bits per heavy atom. The van der Waals surface area contributed by atoms with Crippen LogP contribution in [-0.2, 0) is 23.7 Å². The largest absolute Gasteiger partial charge is 0.457 e. The first-order valence-corrected chi connectivity index (χ1v) is 26.4. The van der Waals surface area contributed by atoms with Gasteiger partial charge in [-0.3, -0.25) is 4.79 Å². The van der Waals surface area contributed by atoms with Gasteiger partial charge in [0.1, 0.15) is 30.5 Å². The van der Waals surface area contributed by atoms with Gasteiger partial charge in [-0.15, -0.1) is 0 Å². The summed E-state index contributed by atoms with van der Waals surface area (Å²) >= 11 is 0. The highest BCUT2D eigenvalue weighted by Crippen LogP contribution is 2.23. The van der Waals surface area contributed by atoms with Crippen LogP contribution in [0.4, 0.5) is 0 Å². The fraction of sp³-hybridized carbons (Fsp3) is 0.800. The van der Waals surface area contributed by atoms with E-state index in [1.807, 2.05) is 0 Å². The van der Waals surface area contributed by atoms with Crippen LogP contribution in [0, 0.1) is 0 Å². The Morgan fingerprint density at radius 2 is 0.953 bits per heavy atom. The van der Waals surface area contributed by atoms with Crippen molar-refractivity contribution in [2.45, 2.75) is 256 Å². The maximum Gasteiger partial charge on any atom is 0.306 e. The first-order valence-electron chi connectivity index (χ1n) is 26.4. The fourth-order valence-corrected chi connectivity index (χ4v) is 7.83. The molecule has 1 aliphatic rings. The Morgan fingerprint density at radius 3 is 1.45 bits per heavy atom. The highest BCUT2D eigenvalue weighted by Gasteiger charge is 2.44. The molecule has 0 radical (unpaired) electrons. The zero-order chi connectivity index (χ0) is 46.4. The summed E-state index contributed by atoms with van der Waals surface area (Å²) in [6, 6.07) is 0. The van der Waals surface area contributed by atoms with E-state index in [1.165, 1.54) is 135 Å². The fourth-order valence-electron chi connectivity index (χ4n) is 7.83. The molecule has 0 saturated carbocycles. The second-order valence-corrected chi connectivity index (χ2v) is 17.9. The van der Waals surface area contributed by atoms with Crippen molar-refractivity contribution in [1.29, 1.82) is 0 Å². The van der Waals surface area contributed by atoms with E-state index in [-0.39, 0.29) is 19.2 Å². The predicted octanol–water partition coefficient (Wildman–Crippen LogP) is 13.0. The molecule has 0 bridgehead atoms. The Hall–Kier alpha value is -2.11. The van der Waals surface area contributed by atoms with Gasteiger partial charge in [0, 0.05) is 13.0 Å². The molecule has 6 unspecified atom stereocenters. The van der Waals surface area contributed by atoms with E-state index in [2.05, 4.69) is 74.6 Å². The lowest BCUT2D eigenvalue weighted by molar-refractivity contribution is -0.305. The van der Waals surface area contributed by atoms with Crippen molar-refractivity contribution in [3.8, 4) is 0 Å². The Kier molecular flexibility index (Phi) is 43.1. The number of allylic oxidation sites excluding steroid dienone is 10. The summed E-state index contributed by atoms with van der Waals surface area (Å²) in [4.78, 5) is 12.9. The van der Waals surface area contributed by atoms with Crippen LogP contribution in [0.25, 0.3) is 0 Å². The summed E-state index contributed by atoms with van der Waals surface area (Å²) < 4.78 is 22.9. The molecule has 9 nitrogen and oxygen atoms in total. The van der Waals surface area contributed by atoms with E-state index < -0.39 is 43.4 Å². The number of esters is 1. The lowest BCUT2D eigenvalue weighted by Gasteiger charge is -2.39. The monoisotopic (exact) mass is 903 g/mol. The van der Waals surface area contributed by atoms with Gasteiger partial charge in [-0.25, -0.2) is 0 Å². The third kappa shape index (κ3) is 36.1. The highest BCUT2D eigenvalue weighted by atomic mass is 16.7. The van der Waals surface area contributed by atoms with E-state index in [1.54, 1.807) is 0 Å². The van der Waals surface area contributed by atoms with Crippen LogP contribution >= 0.6 is 0 Å². The third-order valence-electron chi connectivity index (χ3n) is 11.9. The molecule has 0 spiro atoms. The normalized spacial score (nSPS) is 20.0. The van der Waals surface area contributed by atoms with Gasteiger partial charge in [-0.05, 0) is 77.0 Å². The first kappa shape index (κ1) is 59.9. The summed E-state index contributed by atoms with van der Waals surface area (Å²) in [7, 11) is 0. The molecule has 1 heterocycles. The summed E-state index contributed by atoms with van der Waals surface area (Å²) in [5.41, 5.74) is 0. The molecule has 0 aromatic carbocycles. The molecule has 0 aromatic rings. The van der Waals surface area contributed by atoms with E-state index in [9.17, 15) is 25.2 Å². The van der Waals surface area contributed by atoms with E-state index in [4.69, 9.17) is 18.9 Å². The van der Waals surface area contributed by atoms with Gasteiger partial charge in [0.2, 0.25) is 0 Å². The molecule has 0 amide bonds. The smallest absolute Gasteiger partial charge is 0.306 e. The molecule has 64 heavy (non-hydrogen) atoms. The minimum absolute atomic E-state index is 0.117. The minimum Gasteiger partial charge on any atom is -0.457 e. The minimum atomic E-state index is -1.54. The Labute approximate surface area is 392 Å². The second kappa shape index (κ2) is 46.0. The maximum atomic E-state index is 12.9. The zero-order valence-electron chi connectivity index (χ0n) is 41.0. The quantitative estimate of drug-likeness (QED) is 0.0268. The van der Waals surface area contributed by atoms with Gasteiger partial charge in [0.25, 0.3) is 0 Å². The van der Waals surface area contributed by atoms with Crippen molar-refractivity contribution in [1.82, 2.24) is 0 Å². The van der Waals surface area contributed by atoms with Crippen LogP contribution in [0.1, 0.15) is 219 Å². The molecule has 0 aliphatic carbocycles. The van der Waals surface area contributed by atoms with Crippen LogP contribution in [0.15, 0.2) is 60.8 Å². The first-order chi connectivity index (χ1) is 31.4. The topological polar surface area (TPSA) is 135 Å². The van der Waals surface area contributed by atoms with E-state index >= 15 is 0 Å². The number of aliphatic hydroxyl groups excluding tert-OH is 4. The summed E-state index contributed by atoms with van der Waals surface area (Å²) in [6.07, 6.45) is 52.5. The van der Waals surface area contributed by atoms with Gasteiger partial charge in [-0.2, -0.15) is 0 Å². The molecule has 6 atom stereocenters. The average molecular weight is 903 g/mol. The standard InChI is InChI=1S/C55H98O9/c1-3-5-7-9-11-13-15-17-19-21-23-24-25-26-27-28-30-32-34-36-38-40-42-44-51(57)63-49(48-62-55-54(60)53(59)52(58)50(46-56)64-55)47-61-45-43-41-39-37-35-33-31-29-22-20-18-16-14-12-10-8-6-4-2/h5,7,11,13,17-20,23-24,49-50,52-56,58-60H,3-4,6,8-10,12,14-16,21-22,25-48H2,1-2H3/b7-5-,13-11-,19-17-,20-18-,24-23-. The third-order valence-corrected chi connectivity index (χ3v) is 11.9. The van der Waals surface area contributed by atoms with Gasteiger partial charge in [0.15, 0.2) is 6.29 Å². The van der Waals surface area contributed by atoms with Gasteiger partial charge < -0.3 is 39.4 Å². The van der Waals surface area contributed by atoms with Crippen molar-refractivity contribution >= 4 is 5.97 Å². The molecule has 1 fully saturated rings. The summed E-state index contributed by atoms with van der Waals surface area (Å²) in [6.45, 7) is 4.45. The Balaban J connectivity index is 2.20. The number of aliphatic hydroxyl groups is 4. The van der Waals surface area contributed by atoms with Crippen molar-refractivity contribution in [2.24, 2.45) is 0 Å². The van der Waals surface area contributed by atoms with Crippen LogP contribution in [0.5, 0.6) is 0 Å². The average Bonchev–Trinajstić information content (AvgIpc) is 3.30. The summed E-state index contributed by atoms with van der Waals surface area (Å²) in [5.74, 6) is -0.319. The van der Waals surface area contributed by atoms with Crippen molar-refractivity contribution < 1.29 is 44.2 Å². The molecule has 4 N–H and O–H groups in total. The van der Waals surface area contributed by atoms with Crippen LogP contribution in [-0.4, -0.2) is 89.6 Å². The molecule has 1 rings (SSSR count). The molecule has 372 valence electrons.